The van der Waals surface area contributed by atoms with Crippen LogP contribution >= 0.6 is 0 Å². The van der Waals surface area contributed by atoms with Crippen LogP contribution in [-0.4, -0.2) is 33.9 Å². The number of halogens is 1. The van der Waals surface area contributed by atoms with Gasteiger partial charge in [0.15, 0.2) is 0 Å². The van der Waals surface area contributed by atoms with E-state index < -0.39 is 0 Å². The Morgan fingerprint density at radius 1 is 1.29 bits per heavy atom. The molecular formula is C14H13FN5O+. The number of hydrogen-bond donors (Lipinski definition) is 1. The number of carbonyl (C=O) groups excluding carboxylic acids is 1. The van der Waals surface area contributed by atoms with E-state index in [4.69, 9.17) is 5.39 Å². The summed E-state index contributed by atoms with van der Waals surface area (Å²) in [5.41, 5.74) is 0.764. The maximum atomic E-state index is 12.9. The molecule has 1 aromatic heterocycles. The van der Waals surface area contributed by atoms with Crippen molar-refractivity contribution in [3.05, 3.63) is 40.8 Å². The van der Waals surface area contributed by atoms with Gasteiger partial charge < -0.3 is 9.88 Å². The van der Waals surface area contributed by atoms with Crippen molar-refractivity contribution in [2.75, 3.05) is 13.1 Å². The number of benzene rings is 1. The summed E-state index contributed by atoms with van der Waals surface area (Å²) in [5, 5.41) is 9.03. The lowest BCUT2D eigenvalue weighted by molar-refractivity contribution is 0.0789. The highest BCUT2D eigenvalue weighted by molar-refractivity contribution is 5.98. The number of amides is 1. The predicted octanol–water partition coefficient (Wildman–Crippen LogP) is 2.94. The molecule has 3 rings (SSSR count). The zero-order chi connectivity index (χ0) is 14.8. The van der Waals surface area contributed by atoms with Crippen LogP contribution < -0.4 is 0 Å². The molecule has 1 fully saturated rings. The van der Waals surface area contributed by atoms with Crippen molar-refractivity contribution in [2.24, 2.45) is 0 Å². The highest BCUT2D eigenvalue weighted by atomic mass is 19.1. The van der Waals surface area contributed by atoms with Crippen LogP contribution in [0.25, 0.3) is 16.4 Å². The molecule has 0 unspecified atom stereocenters. The molecule has 1 aliphatic rings. The van der Waals surface area contributed by atoms with Crippen LogP contribution in [0.15, 0.2) is 24.3 Å². The SMILES string of the molecule is N#[N+]c1nc(-c2ccc(F)cc2)[nH]c1C(=O)N1CCCC1. The molecule has 0 spiro atoms. The van der Waals surface area contributed by atoms with Gasteiger partial charge in [-0.05, 0) is 42.1 Å². The molecule has 1 amide bonds. The van der Waals surface area contributed by atoms with Crippen LogP contribution in [0.4, 0.5) is 10.2 Å². The second-order valence-electron chi connectivity index (χ2n) is 4.89. The Labute approximate surface area is 120 Å². The summed E-state index contributed by atoms with van der Waals surface area (Å²) < 4.78 is 12.9. The number of likely N-dealkylation sites (tertiary alicyclic amines) is 1. The van der Waals surface area contributed by atoms with Gasteiger partial charge in [-0.15, -0.1) is 0 Å². The fourth-order valence-electron chi connectivity index (χ4n) is 2.41. The van der Waals surface area contributed by atoms with Crippen LogP contribution in [0.1, 0.15) is 23.3 Å². The molecule has 0 radical (unpaired) electrons. The molecular weight excluding hydrogens is 273 g/mol. The molecule has 1 N–H and O–H groups in total. The van der Waals surface area contributed by atoms with Gasteiger partial charge in [-0.3, -0.25) is 4.79 Å². The lowest BCUT2D eigenvalue weighted by Gasteiger charge is -2.12. The molecule has 1 aliphatic heterocycles. The molecule has 7 heteroatoms. The van der Waals surface area contributed by atoms with Crippen LogP contribution in [-0.2, 0) is 0 Å². The molecule has 0 saturated carbocycles. The molecule has 21 heavy (non-hydrogen) atoms. The summed E-state index contributed by atoms with van der Waals surface area (Å²) in [6.45, 7) is 1.38. The number of rotatable bonds is 2. The van der Waals surface area contributed by atoms with E-state index in [2.05, 4.69) is 14.9 Å². The van der Waals surface area contributed by atoms with Crippen LogP contribution in [0.5, 0.6) is 0 Å². The lowest BCUT2D eigenvalue weighted by Crippen LogP contribution is -2.27. The monoisotopic (exact) mass is 286 g/mol. The largest absolute Gasteiger partial charge is 0.496 e. The Morgan fingerprint density at radius 2 is 1.95 bits per heavy atom. The quantitative estimate of drug-likeness (QED) is 0.862. The maximum absolute atomic E-state index is 12.9. The molecule has 0 aliphatic carbocycles. The standard InChI is InChI=1S/C14H12FN5O/c15-10-5-3-9(4-6-10)12-17-11(13(18-12)19-16)14(21)20-7-1-2-8-20/h3-6H,1-2,7-8H2/p+1. The fraction of sp³-hybridized carbons (Fsp3) is 0.286. The number of nitrogens with zero attached hydrogens (tertiary/aromatic N) is 4. The first-order chi connectivity index (χ1) is 10.2. The average Bonchev–Trinajstić information content (AvgIpc) is 3.17. The molecule has 106 valence electrons. The number of carbonyl (C=O) groups is 1. The molecule has 1 saturated heterocycles. The van der Waals surface area contributed by atoms with Gasteiger partial charge in [0.1, 0.15) is 5.82 Å². The third kappa shape index (κ3) is 2.48. The molecule has 1 aromatic carbocycles. The summed E-state index contributed by atoms with van der Waals surface area (Å²) in [4.78, 5) is 24.0. The predicted molar refractivity (Wildman–Crippen MR) is 73.9 cm³/mol. The van der Waals surface area contributed by atoms with Crippen molar-refractivity contribution in [2.45, 2.75) is 12.8 Å². The summed E-state index contributed by atoms with van der Waals surface area (Å²) in [5.74, 6) is -0.275. The van der Waals surface area contributed by atoms with Crippen molar-refractivity contribution < 1.29 is 9.18 Å². The highest BCUT2D eigenvalue weighted by Crippen LogP contribution is 2.25. The Kier molecular flexibility index (Phi) is 3.36. The van der Waals surface area contributed by atoms with Crippen molar-refractivity contribution in [3.63, 3.8) is 0 Å². The third-order valence-electron chi connectivity index (χ3n) is 3.50. The number of diazo groups is 1. The Hall–Kier alpha value is -2.75. The summed E-state index contributed by atoms with van der Waals surface area (Å²) in [6, 6.07) is 5.68. The van der Waals surface area contributed by atoms with E-state index in [1.807, 2.05) is 0 Å². The minimum atomic E-state index is -0.356. The van der Waals surface area contributed by atoms with Gasteiger partial charge in [-0.2, -0.15) is 0 Å². The summed E-state index contributed by atoms with van der Waals surface area (Å²) >= 11 is 0. The van der Waals surface area contributed by atoms with Gasteiger partial charge in [0, 0.05) is 23.6 Å². The first-order valence-electron chi connectivity index (χ1n) is 6.69. The van der Waals surface area contributed by atoms with E-state index in [1.165, 1.54) is 12.1 Å². The van der Waals surface area contributed by atoms with E-state index in [1.54, 1.807) is 17.0 Å². The normalized spacial score (nSPS) is 14.2. The molecule has 0 bridgehead atoms. The number of aromatic amines is 1. The Bertz CT molecular complexity index is 710. The molecule has 0 atom stereocenters. The van der Waals surface area contributed by atoms with Gasteiger partial charge in [0.25, 0.3) is 11.7 Å². The number of aromatic nitrogens is 2. The van der Waals surface area contributed by atoms with E-state index in [0.29, 0.717) is 24.5 Å². The second kappa shape index (κ2) is 5.32. The maximum Gasteiger partial charge on any atom is 0.496 e. The third-order valence-corrected chi connectivity index (χ3v) is 3.50. The van der Waals surface area contributed by atoms with E-state index in [0.717, 1.165) is 12.8 Å². The average molecular weight is 286 g/mol. The number of imidazole rings is 1. The van der Waals surface area contributed by atoms with Crippen molar-refractivity contribution in [1.29, 1.82) is 5.39 Å². The number of hydrogen-bond acceptors (Lipinski definition) is 3. The van der Waals surface area contributed by atoms with E-state index in [-0.39, 0.29) is 23.2 Å². The zero-order valence-corrected chi connectivity index (χ0v) is 11.2. The Balaban J connectivity index is 1.96. The molecule has 6 nitrogen and oxygen atoms in total. The van der Waals surface area contributed by atoms with Crippen molar-refractivity contribution in [3.8, 4) is 11.4 Å². The van der Waals surface area contributed by atoms with Gasteiger partial charge in [-0.25, -0.2) is 4.39 Å². The molecule has 2 heterocycles. The van der Waals surface area contributed by atoms with Crippen LogP contribution in [0.3, 0.4) is 0 Å². The Morgan fingerprint density at radius 3 is 2.57 bits per heavy atom. The van der Waals surface area contributed by atoms with Gasteiger partial charge >= 0.3 is 5.82 Å². The first-order valence-corrected chi connectivity index (χ1v) is 6.69. The second-order valence-corrected chi connectivity index (χ2v) is 4.89. The van der Waals surface area contributed by atoms with Crippen LogP contribution in [0, 0.1) is 11.2 Å². The lowest BCUT2D eigenvalue weighted by atomic mass is 10.2. The number of H-pyrrole nitrogens is 1. The van der Waals surface area contributed by atoms with E-state index >= 15 is 0 Å². The van der Waals surface area contributed by atoms with Crippen molar-refractivity contribution in [1.82, 2.24) is 14.9 Å². The number of nitrogens with one attached hydrogen (secondary N) is 1. The fourth-order valence-corrected chi connectivity index (χ4v) is 2.41. The topological polar surface area (TPSA) is 77.1 Å². The van der Waals surface area contributed by atoms with E-state index in [9.17, 15) is 9.18 Å². The van der Waals surface area contributed by atoms with Gasteiger partial charge in [-0.1, -0.05) is 0 Å². The smallest absolute Gasteiger partial charge is 0.337 e. The van der Waals surface area contributed by atoms with Gasteiger partial charge in [0.05, 0.1) is 5.39 Å². The molecule has 2 aromatic rings. The first kappa shape index (κ1) is 13.2. The minimum Gasteiger partial charge on any atom is -0.337 e. The van der Waals surface area contributed by atoms with Gasteiger partial charge in [0.2, 0.25) is 5.69 Å². The van der Waals surface area contributed by atoms with Crippen molar-refractivity contribution >= 4 is 11.7 Å². The van der Waals surface area contributed by atoms with Crippen LogP contribution in [0.2, 0.25) is 0 Å². The highest BCUT2D eigenvalue weighted by Gasteiger charge is 2.32. The summed E-state index contributed by atoms with van der Waals surface area (Å²) in [7, 11) is 0. The minimum absolute atomic E-state index is 0.0498. The summed E-state index contributed by atoms with van der Waals surface area (Å²) in [6.07, 6.45) is 1.94. The zero-order valence-electron chi connectivity index (χ0n) is 11.2.